The molecule has 3 atom stereocenters. The molecule has 3 aliphatic rings. The van der Waals surface area contributed by atoms with Crippen molar-refractivity contribution in [3.05, 3.63) is 35.9 Å². The first kappa shape index (κ1) is 14.3. The van der Waals surface area contributed by atoms with Gasteiger partial charge < -0.3 is 4.90 Å². The molecule has 4 rings (SSSR count). The number of benzene rings is 1. The Hall–Kier alpha value is -1.35. The van der Waals surface area contributed by atoms with Crippen LogP contribution < -0.4 is 0 Å². The zero-order chi connectivity index (χ0) is 14.9. The first-order chi connectivity index (χ1) is 10.8. The Kier molecular flexibility index (Phi) is 3.91. The maximum Gasteiger partial charge on any atom is 0.227 e. The van der Waals surface area contributed by atoms with Crippen LogP contribution in [0.15, 0.2) is 30.3 Å². The average Bonchev–Trinajstić information content (AvgIpc) is 3.19. The fourth-order valence-electron chi connectivity index (χ4n) is 4.84. The minimum atomic E-state index is 0.291. The summed E-state index contributed by atoms with van der Waals surface area (Å²) >= 11 is 0. The summed E-state index contributed by atoms with van der Waals surface area (Å²) < 4.78 is 0. The standard InChI is InChI=1S/C19H26N2O/c22-19(14-15-4-2-1-3-5-15)21-10-8-20(9-11-21)18-13-16-6-7-17(18)12-16/h1-5,16-18H,6-14H2/t16-,17-,18-/m0/s1. The van der Waals surface area contributed by atoms with Crippen molar-refractivity contribution < 1.29 is 4.79 Å². The first-order valence-corrected chi connectivity index (χ1v) is 8.85. The van der Waals surface area contributed by atoms with Crippen molar-refractivity contribution in [2.24, 2.45) is 11.8 Å². The molecule has 1 heterocycles. The molecule has 0 radical (unpaired) electrons. The summed E-state index contributed by atoms with van der Waals surface area (Å²) in [5, 5.41) is 0. The molecule has 2 saturated carbocycles. The number of rotatable bonds is 3. The van der Waals surface area contributed by atoms with Gasteiger partial charge in [-0.15, -0.1) is 0 Å². The molecule has 1 aromatic carbocycles. The lowest BCUT2D eigenvalue weighted by atomic mass is 9.93. The van der Waals surface area contributed by atoms with Gasteiger partial charge in [-0.25, -0.2) is 0 Å². The molecule has 3 heteroatoms. The van der Waals surface area contributed by atoms with Gasteiger partial charge in [-0.2, -0.15) is 0 Å². The lowest BCUT2D eigenvalue weighted by Gasteiger charge is -2.41. The highest BCUT2D eigenvalue weighted by atomic mass is 16.2. The third-order valence-corrected chi connectivity index (χ3v) is 6.03. The van der Waals surface area contributed by atoms with Crippen molar-refractivity contribution in [1.82, 2.24) is 9.80 Å². The maximum absolute atomic E-state index is 12.4. The van der Waals surface area contributed by atoms with Crippen LogP contribution in [0, 0.1) is 11.8 Å². The van der Waals surface area contributed by atoms with E-state index in [4.69, 9.17) is 0 Å². The lowest BCUT2D eigenvalue weighted by Crippen LogP contribution is -2.53. The van der Waals surface area contributed by atoms with Gasteiger partial charge in [0.2, 0.25) is 5.91 Å². The summed E-state index contributed by atoms with van der Waals surface area (Å²) in [6.07, 6.45) is 6.36. The monoisotopic (exact) mass is 298 g/mol. The van der Waals surface area contributed by atoms with Gasteiger partial charge in [0.15, 0.2) is 0 Å². The highest BCUT2D eigenvalue weighted by Gasteiger charge is 2.42. The van der Waals surface area contributed by atoms with E-state index in [1.165, 1.54) is 25.7 Å². The normalized spacial score (nSPS) is 31.6. The fourth-order valence-corrected chi connectivity index (χ4v) is 4.84. The molecule has 2 aliphatic carbocycles. The van der Waals surface area contributed by atoms with Crippen molar-refractivity contribution in [3.63, 3.8) is 0 Å². The highest BCUT2D eigenvalue weighted by Crippen LogP contribution is 2.46. The van der Waals surface area contributed by atoms with E-state index in [0.29, 0.717) is 12.3 Å². The summed E-state index contributed by atoms with van der Waals surface area (Å²) in [5.74, 6) is 2.25. The summed E-state index contributed by atoms with van der Waals surface area (Å²) in [5.41, 5.74) is 1.13. The molecule has 3 nitrogen and oxygen atoms in total. The fraction of sp³-hybridized carbons (Fsp3) is 0.632. The van der Waals surface area contributed by atoms with Crippen molar-refractivity contribution in [1.29, 1.82) is 0 Å². The van der Waals surface area contributed by atoms with Gasteiger partial charge in [-0.05, 0) is 36.7 Å². The number of amides is 1. The largest absolute Gasteiger partial charge is 0.340 e. The van der Waals surface area contributed by atoms with Crippen LogP contribution in [0.25, 0.3) is 0 Å². The summed E-state index contributed by atoms with van der Waals surface area (Å²) in [4.78, 5) is 17.2. The van der Waals surface area contributed by atoms with Gasteiger partial charge in [0, 0.05) is 32.2 Å². The third-order valence-electron chi connectivity index (χ3n) is 6.03. The molecule has 118 valence electrons. The number of hydrogen-bond donors (Lipinski definition) is 0. The van der Waals surface area contributed by atoms with Crippen LogP contribution in [0.1, 0.15) is 31.2 Å². The minimum absolute atomic E-state index is 0.291. The smallest absolute Gasteiger partial charge is 0.227 e. The van der Waals surface area contributed by atoms with E-state index in [9.17, 15) is 4.79 Å². The predicted octanol–water partition coefficient (Wildman–Crippen LogP) is 2.56. The first-order valence-electron chi connectivity index (χ1n) is 8.85. The molecular formula is C19H26N2O. The molecule has 1 saturated heterocycles. The Morgan fingerprint density at radius 3 is 2.41 bits per heavy atom. The van der Waals surface area contributed by atoms with Gasteiger partial charge in [0.25, 0.3) is 0 Å². The van der Waals surface area contributed by atoms with Crippen LogP contribution in [0.5, 0.6) is 0 Å². The molecule has 22 heavy (non-hydrogen) atoms. The van der Waals surface area contributed by atoms with Crippen molar-refractivity contribution >= 4 is 5.91 Å². The van der Waals surface area contributed by atoms with Crippen LogP contribution in [0.2, 0.25) is 0 Å². The van der Waals surface area contributed by atoms with E-state index in [2.05, 4.69) is 9.80 Å². The third kappa shape index (κ3) is 2.79. The van der Waals surface area contributed by atoms with Crippen LogP contribution >= 0.6 is 0 Å². The number of hydrogen-bond acceptors (Lipinski definition) is 2. The van der Waals surface area contributed by atoms with Crippen molar-refractivity contribution in [3.8, 4) is 0 Å². The average molecular weight is 298 g/mol. The molecule has 0 N–H and O–H groups in total. The lowest BCUT2D eigenvalue weighted by molar-refractivity contribution is -0.132. The summed E-state index contributed by atoms with van der Waals surface area (Å²) in [6, 6.07) is 10.9. The topological polar surface area (TPSA) is 23.6 Å². The Morgan fingerprint density at radius 2 is 1.77 bits per heavy atom. The Morgan fingerprint density at radius 1 is 1.00 bits per heavy atom. The summed E-state index contributed by atoms with van der Waals surface area (Å²) in [6.45, 7) is 3.99. The molecule has 1 aliphatic heterocycles. The van der Waals surface area contributed by atoms with E-state index in [1.54, 1.807) is 0 Å². The van der Waals surface area contributed by atoms with E-state index >= 15 is 0 Å². The van der Waals surface area contributed by atoms with Gasteiger partial charge in [0.1, 0.15) is 0 Å². The maximum atomic E-state index is 12.4. The number of piperazine rings is 1. The van der Waals surface area contributed by atoms with E-state index in [1.807, 2.05) is 30.3 Å². The number of carbonyl (C=O) groups excluding carboxylic acids is 1. The van der Waals surface area contributed by atoms with Crippen LogP contribution in [0.4, 0.5) is 0 Å². The highest BCUT2D eigenvalue weighted by molar-refractivity contribution is 5.78. The van der Waals surface area contributed by atoms with E-state index < -0.39 is 0 Å². The van der Waals surface area contributed by atoms with E-state index in [-0.39, 0.29) is 0 Å². The second kappa shape index (κ2) is 6.04. The van der Waals surface area contributed by atoms with Crippen molar-refractivity contribution in [2.45, 2.75) is 38.1 Å². The Balaban J connectivity index is 1.29. The second-order valence-corrected chi connectivity index (χ2v) is 7.32. The zero-order valence-corrected chi connectivity index (χ0v) is 13.3. The minimum Gasteiger partial charge on any atom is -0.340 e. The molecule has 2 bridgehead atoms. The van der Waals surface area contributed by atoms with Crippen LogP contribution in [0.3, 0.4) is 0 Å². The number of nitrogens with zero attached hydrogens (tertiary/aromatic N) is 2. The molecule has 0 unspecified atom stereocenters. The van der Waals surface area contributed by atoms with E-state index in [0.717, 1.165) is 49.6 Å². The van der Waals surface area contributed by atoms with Gasteiger partial charge in [-0.1, -0.05) is 36.8 Å². The van der Waals surface area contributed by atoms with Gasteiger partial charge >= 0.3 is 0 Å². The number of fused-ring (bicyclic) bond motifs is 2. The van der Waals surface area contributed by atoms with Crippen LogP contribution in [-0.4, -0.2) is 47.9 Å². The number of carbonyl (C=O) groups is 1. The molecule has 1 amide bonds. The predicted molar refractivity (Wildman–Crippen MR) is 87.5 cm³/mol. The van der Waals surface area contributed by atoms with Gasteiger partial charge in [-0.3, -0.25) is 9.69 Å². The SMILES string of the molecule is O=C(Cc1ccccc1)N1CCN([C@H]2C[C@H]3CC[C@H]2C3)CC1. The summed E-state index contributed by atoms with van der Waals surface area (Å²) in [7, 11) is 0. The quantitative estimate of drug-likeness (QED) is 0.856. The molecule has 0 aromatic heterocycles. The Labute approximate surface area is 133 Å². The Bertz CT molecular complexity index is 521. The molecule has 1 aromatic rings. The van der Waals surface area contributed by atoms with Crippen molar-refractivity contribution in [2.75, 3.05) is 26.2 Å². The second-order valence-electron chi connectivity index (χ2n) is 7.32. The van der Waals surface area contributed by atoms with Crippen LogP contribution in [-0.2, 0) is 11.2 Å². The molecular weight excluding hydrogens is 272 g/mol. The van der Waals surface area contributed by atoms with Gasteiger partial charge in [0.05, 0.1) is 6.42 Å². The molecule has 0 spiro atoms. The zero-order valence-electron chi connectivity index (χ0n) is 13.3. The molecule has 3 fully saturated rings.